The fraction of sp³-hybridized carbons (Fsp3) is 0.588. The van der Waals surface area contributed by atoms with Crippen molar-refractivity contribution in [2.45, 2.75) is 58.1 Å². The van der Waals surface area contributed by atoms with Gasteiger partial charge in [-0.1, -0.05) is 32.9 Å². The van der Waals surface area contributed by atoms with Gasteiger partial charge in [-0.25, -0.2) is 0 Å². The minimum absolute atomic E-state index is 0.0199. The molecule has 1 aromatic carbocycles. The Kier molecular flexibility index (Phi) is 4.48. The van der Waals surface area contributed by atoms with E-state index in [1.807, 2.05) is 31.2 Å². The van der Waals surface area contributed by atoms with Crippen molar-refractivity contribution in [2.24, 2.45) is 0 Å². The molecular weight excluding hydrogens is 250 g/mol. The van der Waals surface area contributed by atoms with E-state index in [2.05, 4.69) is 26.1 Å². The molecule has 1 heterocycles. The molecule has 0 bridgehead atoms. The zero-order chi connectivity index (χ0) is 14.8. The molecule has 110 valence electrons. The lowest BCUT2D eigenvalue weighted by atomic mass is 9.86. The first-order chi connectivity index (χ1) is 9.38. The van der Waals surface area contributed by atoms with Gasteiger partial charge in [-0.15, -0.1) is 0 Å². The summed E-state index contributed by atoms with van der Waals surface area (Å²) in [6.07, 6.45) is 2.28. The van der Waals surface area contributed by atoms with Crippen LogP contribution in [0.1, 0.15) is 56.5 Å². The molecule has 20 heavy (non-hydrogen) atoms. The van der Waals surface area contributed by atoms with Crippen molar-refractivity contribution in [3.05, 3.63) is 35.4 Å². The quantitative estimate of drug-likeness (QED) is 0.919. The highest BCUT2D eigenvalue weighted by molar-refractivity contribution is 5.94. The third-order valence-corrected chi connectivity index (χ3v) is 3.89. The van der Waals surface area contributed by atoms with Gasteiger partial charge in [0.1, 0.15) is 0 Å². The lowest BCUT2D eigenvalue weighted by molar-refractivity contribution is 0.0712. The van der Waals surface area contributed by atoms with Gasteiger partial charge in [-0.3, -0.25) is 4.79 Å². The molecule has 0 aliphatic carbocycles. The Hall–Kier alpha value is -1.35. The van der Waals surface area contributed by atoms with Gasteiger partial charge in [-0.05, 0) is 42.9 Å². The molecule has 1 saturated heterocycles. The molecule has 0 spiro atoms. The van der Waals surface area contributed by atoms with Gasteiger partial charge in [0.05, 0.1) is 12.1 Å². The molecule has 0 aromatic heterocycles. The minimum Gasteiger partial charge on any atom is -0.376 e. The van der Waals surface area contributed by atoms with Crippen LogP contribution in [0.15, 0.2) is 24.3 Å². The van der Waals surface area contributed by atoms with Gasteiger partial charge in [-0.2, -0.15) is 0 Å². The molecule has 2 rings (SSSR count). The molecule has 2 atom stereocenters. The molecule has 0 unspecified atom stereocenters. The summed E-state index contributed by atoms with van der Waals surface area (Å²) in [4.78, 5) is 12.2. The summed E-state index contributed by atoms with van der Waals surface area (Å²) < 4.78 is 5.60. The smallest absolute Gasteiger partial charge is 0.251 e. The molecule has 1 amide bonds. The van der Waals surface area contributed by atoms with Crippen LogP contribution in [-0.2, 0) is 10.2 Å². The number of amides is 1. The Morgan fingerprint density at radius 1 is 1.30 bits per heavy atom. The van der Waals surface area contributed by atoms with E-state index in [1.165, 1.54) is 5.56 Å². The lowest BCUT2D eigenvalue weighted by Crippen LogP contribution is -2.40. The third kappa shape index (κ3) is 3.60. The highest BCUT2D eigenvalue weighted by Gasteiger charge is 2.24. The summed E-state index contributed by atoms with van der Waals surface area (Å²) in [5.74, 6) is -0.0199. The van der Waals surface area contributed by atoms with Gasteiger partial charge in [0.2, 0.25) is 0 Å². The summed E-state index contributed by atoms with van der Waals surface area (Å²) in [6, 6.07) is 7.93. The molecule has 1 N–H and O–H groups in total. The summed E-state index contributed by atoms with van der Waals surface area (Å²) in [7, 11) is 0. The minimum atomic E-state index is -0.0199. The van der Waals surface area contributed by atoms with Crippen LogP contribution in [0.3, 0.4) is 0 Å². The summed E-state index contributed by atoms with van der Waals surface area (Å²) >= 11 is 0. The number of benzene rings is 1. The van der Waals surface area contributed by atoms with E-state index >= 15 is 0 Å². The van der Waals surface area contributed by atoms with Crippen molar-refractivity contribution in [3.63, 3.8) is 0 Å². The van der Waals surface area contributed by atoms with E-state index in [0.29, 0.717) is 5.56 Å². The summed E-state index contributed by atoms with van der Waals surface area (Å²) in [5.41, 5.74) is 2.06. The second-order valence-corrected chi connectivity index (χ2v) is 6.64. The van der Waals surface area contributed by atoms with Crippen LogP contribution in [0.5, 0.6) is 0 Å². The third-order valence-electron chi connectivity index (χ3n) is 3.89. The van der Waals surface area contributed by atoms with E-state index in [1.54, 1.807) is 0 Å². The van der Waals surface area contributed by atoms with Crippen molar-refractivity contribution in [1.82, 2.24) is 5.32 Å². The van der Waals surface area contributed by atoms with Crippen LogP contribution >= 0.6 is 0 Å². The maximum atomic E-state index is 12.2. The fourth-order valence-corrected chi connectivity index (χ4v) is 2.50. The van der Waals surface area contributed by atoms with E-state index in [-0.39, 0.29) is 23.5 Å². The van der Waals surface area contributed by atoms with Gasteiger partial charge in [0.25, 0.3) is 5.91 Å². The van der Waals surface area contributed by atoms with Crippen LogP contribution < -0.4 is 5.32 Å². The van der Waals surface area contributed by atoms with Gasteiger partial charge >= 0.3 is 0 Å². The number of ether oxygens (including phenoxy) is 1. The van der Waals surface area contributed by atoms with E-state index in [0.717, 1.165) is 19.4 Å². The van der Waals surface area contributed by atoms with Crippen molar-refractivity contribution in [1.29, 1.82) is 0 Å². The summed E-state index contributed by atoms with van der Waals surface area (Å²) in [6.45, 7) is 9.33. The molecule has 3 nitrogen and oxygen atoms in total. The highest BCUT2D eigenvalue weighted by Crippen LogP contribution is 2.22. The van der Waals surface area contributed by atoms with Crippen LogP contribution in [-0.4, -0.2) is 24.7 Å². The highest BCUT2D eigenvalue weighted by atomic mass is 16.5. The van der Waals surface area contributed by atoms with Crippen molar-refractivity contribution in [3.8, 4) is 0 Å². The largest absolute Gasteiger partial charge is 0.376 e. The average Bonchev–Trinajstić information content (AvgIpc) is 2.91. The van der Waals surface area contributed by atoms with E-state index < -0.39 is 0 Å². The Morgan fingerprint density at radius 3 is 2.45 bits per heavy atom. The standard InChI is InChI=1S/C17H25NO2/c1-12(15-6-5-11-20-15)18-16(19)13-7-9-14(10-8-13)17(2,3)4/h7-10,12,15H,5-6,11H2,1-4H3,(H,18,19)/t12-,15-/m0/s1. The van der Waals surface area contributed by atoms with Crippen LogP contribution in [0.4, 0.5) is 0 Å². The second-order valence-electron chi connectivity index (χ2n) is 6.64. The summed E-state index contributed by atoms with van der Waals surface area (Å²) in [5, 5.41) is 3.03. The first-order valence-corrected chi connectivity index (χ1v) is 7.41. The number of hydrogen-bond donors (Lipinski definition) is 1. The number of hydrogen-bond acceptors (Lipinski definition) is 2. The fourth-order valence-electron chi connectivity index (χ4n) is 2.50. The maximum absolute atomic E-state index is 12.2. The molecule has 1 aliphatic rings. The van der Waals surface area contributed by atoms with Crippen LogP contribution in [0, 0.1) is 0 Å². The zero-order valence-electron chi connectivity index (χ0n) is 12.9. The zero-order valence-corrected chi connectivity index (χ0v) is 12.9. The first-order valence-electron chi connectivity index (χ1n) is 7.41. The lowest BCUT2D eigenvalue weighted by Gasteiger charge is -2.21. The number of rotatable bonds is 3. The Bertz CT molecular complexity index is 453. The molecule has 1 aromatic rings. The predicted octanol–water partition coefficient (Wildman–Crippen LogP) is 3.28. The Balaban J connectivity index is 1.98. The number of carbonyl (C=O) groups is 1. The van der Waals surface area contributed by atoms with Crippen molar-refractivity contribution >= 4 is 5.91 Å². The topological polar surface area (TPSA) is 38.3 Å². The Labute approximate surface area is 121 Å². The van der Waals surface area contributed by atoms with Gasteiger partial charge in [0.15, 0.2) is 0 Å². The predicted molar refractivity (Wildman–Crippen MR) is 81.0 cm³/mol. The molecule has 1 fully saturated rings. The number of nitrogens with one attached hydrogen (secondary N) is 1. The molecule has 1 aliphatic heterocycles. The van der Waals surface area contributed by atoms with Gasteiger partial charge < -0.3 is 10.1 Å². The van der Waals surface area contributed by atoms with Crippen molar-refractivity contribution < 1.29 is 9.53 Å². The monoisotopic (exact) mass is 275 g/mol. The van der Waals surface area contributed by atoms with Gasteiger partial charge in [0, 0.05) is 12.2 Å². The normalized spacial score (nSPS) is 20.7. The van der Waals surface area contributed by atoms with Crippen molar-refractivity contribution in [2.75, 3.05) is 6.61 Å². The van der Waals surface area contributed by atoms with E-state index in [4.69, 9.17) is 4.74 Å². The van der Waals surface area contributed by atoms with E-state index in [9.17, 15) is 4.79 Å². The number of carbonyl (C=O) groups excluding carboxylic acids is 1. The Morgan fingerprint density at radius 2 is 1.95 bits per heavy atom. The maximum Gasteiger partial charge on any atom is 0.251 e. The molecule has 3 heteroatoms. The molecular formula is C17H25NO2. The average molecular weight is 275 g/mol. The molecule has 0 saturated carbocycles. The van der Waals surface area contributed by atoms with Crippen LogP contribution in [0.2, 0.25) is 0 Å². The van der Waals surface area contributed by atoms with Crippen LogP contribution in [0.25, 0.3) is 0 Å². The first kappa shape index (κ1) is 15.0. The SMILES string of the molecule is C[C@H](NC(=O)c1ccc(C(C)(C)C)cc1)[C@@H]1CCCO1. The second kappa shape index (κ2) is 5.96. The molecule has 0 radical (unpaired) electrons.